The van der Waals surface area contributed by atoms with E-state index in [9.17, 15) is 18.4 Å². The minimum atomic E-state index is -0.894. The number of ether oxygens (including phenoxy) is 1. The summed E-state index contributed by atoms with van der Waals surface area (Å²) in [6.45, 7) is 1.67. The molecule has 0 saturated heterocycles. The van der Waals surface area contributed by atoms with Crippen molar-refractivity contribution in [2.75, 3.05) is 6.61 Å². The Balaban J connectivity index is 2.51. The van der Waals surface area contributed by atoms with Gasteiger partial charge in [-0.3, -0.25) is 4.79 Å². The Morgan fingerprint density at radius 1 is 1.35 bits per heavy atom. The number of halogens is 2. The highest BCUT2D eigenvalue weighted by Gasteiger charge is 2.15. The number of esters is 1. The van der Waals surface area contributed by atoms with Gasteiger partial charge in [-0.15, -0.1) is 0 Å². The minimum absolute atomic E-state index is 0.0831. The molecule has 0 radical (unpaired) electrons. The lowest BCUT2D eigenvalue weighted by Gasteiger charge is -2.08. The van der Waals surface area contributed by atoms with Gasteiger partial charge in [-0.05, 0) is 19.1 Å². The number of hydrogen-bond acceptors (Lipinski definition) is 4. The number of nitrogens with zero attached hydrogens (tertiary/aromatic N) is 2. The summed E-state index contributed by atoms with van der Waals surface area (Å²) >= 11 is 0. The molecule has 0 aliphatic heterocycles. The maximum absolute atomic E-state index is 13.6. The van der Waals surface area contributed by atoms with Crippen LogP contribution in [-0.2, 0) is 4.74 Å². The van der Waals surface area contributed by atoms with Crippen molar-refractivity contribution in [1.29, 1.82) is 0 Å². The van der Waals surface area contributed by atoms with Gasteiger partial charge in [0.15, 0.2) is 5.82 Å². The first kappa shape index (κ1) is 13.9. The highest BCUT2D eigenvalue weighted by Crippen LogP contribution is 2.13. The van der Waals surface area contributed by atoms with Crippen LogP contribution in [0.5, 0.6) is 0 Å². The molecule has 0 amide bonds. The van der Waals surface area contributed by atoms with Crippen LogP contribution in [0.1, 0.15) is 17.4 Å². The van der Waals surface area contributed by atoms with Gasteiger partial charge in [0.05, 0.1) is 6.61 Å². The van der Waals surface area contributed by atoms with Gasteiger partial charge >= 0.3 is 5.97 Å². The summed E-state index contributed by atoms with van der Waals surface area (Å²) in [4.78, 5) is 23.1. The second-order valence-corrected chi connectivity index (χ2v) is 3.79. The zero-order chi connectivity index (χ0) is 14.7. The summed E-state index contributed by atoms with van der Waals surface area (Å²) in [5.41, 5.74) is -1.18. The molecule has 1 heterocycles. The summed E-state index contributed by atoms with van der Waals surface area (Å²) in [5.74, 6) is -2.50. The summed E-state index contributed by atoms with van der Waals surface area (Å²) in [6, 6.07) is 3.93. The summed E-state index contributed by atoms with van der Waals surface area (Å²) < 4.78 is 32.1. The van der Waals surface area contributed by atoms with Crippen LogP contribution < -0.4 is 5.43 Å². The molecule has 0 saturated carbocycles. The van der Waals surface area contributed by atoms with Crippen molar-refractivity contribution in [2.45, 2.75) is 6.92 Å². The zero-order valence-corrected chi connectivity index (χ0v) is 10.5. The standard InChI is InChI=1S/C13H10F2N2O3/c1-2-20-13(19)12-11(18)5-6-17(16-12)10-4-3-8(14)7-9(10)15/h3-7H,2H2,1H3. The van der Waals surface area contributed by atoms with E-state index in [2.05, 4.69) is 9.84 Å². The lowest BCUT2D eigenvalue weighted by atomic mass is 10.3. The molecule has 0 atom stereocenters. The Morgan fingerprint density at radius 3 is 2.75 bits per heavy atom. The van der Waals surface area contributed by atoms with E-state index in [1.54, 1.807) is 6.92 Å². The SMILES string of the molecule is CCOC(=O)c1nn(-c2ccc(F)cc2F)ccc1=O. The van der Waals surface area contributed by atoms with E-state index in [1.807, 2.05) is 0 Å². The predicted molar refractivity (Wildman–Crippen MR) is 65.7 cm³/mol. The fourth-order valence-corrected chi connectivity index (χ4v) is 1.55. The van der Waals surface area contributed by atoms with Gasteiger partial charge in [0.2, 0.25) is 11.1 Å². The molecule has 0 unspecified atom stereocenters. The number of aromatic nitrogens is 2. The molecule has 0 N–H and O–H groups in total. The van der Waals surface area contributed by atoms with Crippen LogP contribution >= 0.6 is 0 Å². The van der Waals surface area contributed by atoms with Crippen LogP contribution in [0.4, 0.5) is 8.78 Å². The smallest absolute Gasteiger partial charge is 0.362 e. The van der Waals surface area contributed by atoms with Crippen molar-refractivity contribution in [3.63, 3.8) is 0 Å². The molecule has 0 spiro atoms. The van der Waals surface area contributed by atoms with Crippen molar-refractivity contribution in [3.8, 4) is 5.69 Å². The van der Waals surface area contributed by atoms with Crippen LogP contribution in [0.15, 0.2) is 35.3 Å². The van der Waals surface area contributed by atoms with Gasteiger partial charge < -0.3 is 4.74 Å². The monoisotopic (exact) mass is 280 g/mol. The largest absolute Gasteiger partial charge is 0.461 e. The number of benzene rings is 1. The molecule has 0 aliphatic carbocycles. The van der Waals surface area contributed by atoms with Crippen LogP contribution in [0.25, 0.3) is 5.69 Å². The molecule has 5 nitrogen and oxygen atoms in total. The van der Waals surface area contributed by atoms with Gasteiger partial charge in [0.25, 0.3) is 0 Å². The van der Waals surface area contributed by atoms with Gasteiger partial charge in [0, 0.05) is 18.3 Å². The first-order chi connectivity index (χ1) is 9.52. The number of carbonyl (C=O) groups excluding carboxylic acids is 1. The van der Waals surface area contributed by atoms with Crippen LogP contribution in [0, 0.1) is 11.6 Å². The van der Waals surface area contributed by atoms with Crippen molar-refractivity contribution in [3.05, 3.63) is 58.0 Å². The Hall–Kier alpha value is -2.57. The minimum Gasteiger partial charge on any atom is -0.461 e. The van der Waals surface area contributed by atoms with E-state index >= 15 is 0 Å². The quantitative estimate of drug-likeness (QED) is 0.803. The zero-order valence-electron chi connectivity index (χ0n) is 10.5. The first-order valence-corrected chi connectivity index (χ1v) is 5.75. The molecular formula is C13H10F2N2O3. The third kappa shape index (κ3) is 2.71. The Kier molecular flexibility index (Phi) is 3.88. The molecule has 1 aromatic heterocycles. The molecule has 0 aliphatic rings. The second-order valence-electron chi connectivity index (χ2n) is 3.79. The molecule has 1 aromatic carbocycles. The third-order valence-electron chi connectivity index (χ3n) is 2.43. The average Bonchev–Trinajstić information content (AvgIpc) is 2.40. The molecule has 0 fully saturated rings. The highest BCUT2D eigenvalue weighted by atomic mass is 19.1. The molecule has 104 valence electrons. The molecule has 2 rings (SSSR count). The summed E-state index contributed by atoms with van der Waals surface area (Å²) in [6.07, 6.45) is 1.18. The molecule has 7 heteroatoms. The van der Waals surface area contributed by atoms with Crippen LogP contribution in [0.3, 0.4) is 0 Å². The van der Waals surface area contributed by atoms with Gasteiger partial charge in [-0.2, -0.15) is 5.10 Å². The summed E-state index contributed by atoms with van der Waals surface area (Å²) in [7, 11) is 0. The van der Waals surface area contributed by atoms with E-state index in [-0.39, 0.29) is 12.3 Å². The molecule has 20 heavy (non-hydrogen) atoms. The predicted octanol–water partition coefficient (Wildman–Crippen LogP) is 1.69. The summed E-state index contributed by atoms with van der Waals surface area (Å²) in [5, 5.41) is 3.72. The number of carbonyl (C=O) groups is 1. The number of hydrogen-bond donors (Lipinski definition) is 0. The molecule has 2 aromatic rings. The van der Waals surface area contributed by atoms with E-state index in [0.29, 0.717) is 6.07 Å². The van der Waals surface area contributed by atoms with Crippen molar-refractivity contribution in [1.82, 2.24) is 9.78 Å². The lowest BCUT2D eigenvalue weighted by Crippen LogP contribution is -2.22. The molecule has 0 bridgehead atoms. The van der Waals surface area contributed by atoms with Crippen molar-refractivity contribution < 1.29 is 18.3 Å². The molecular weight excluding hydrogens is 270 g/mol. The fourth-order valence-electron chi connectivity index (χ4n) is 1.55. The van der Waals surface area contributed by atoms with E-state index < -0.39 is 28.7 Å². The van der Waals surface area contributed by atoms with Gasteiger partial charge in [-0.1, -0.05) is 0 Å². The van der Waals surface area contributed by atoms with Gasteiger partial charge in [0.1, 0.15) is 11.5 Å². The Labute approximate surface area is 112 Å². The highest BCUT2D eigenvalue weighted by molar-refractivity contribution is 5.86. The second kappa shape index (κ2) is 5.60. The average molecular weight is 280 g/mol. The van der Waals surface area contributed by atoms with Crippen LogP contribution in [0.2, 0.25) is 0 Å². The Morgan fingerprint density at radius 2 is 2.10 bits per heavy atom. The van der Waals surface area contributed by atoms with E-state index in [4.69, 9.17) is 0 Å². The fraction of sp³-hybridized carbons (Fsp3) is 0.154. The van der Waals surface area contributed by atoms with E-state index in [0.717, 1.165) is 22.9 Å². The first-order valence-electron chi connectivity index (χ1n) is 5.75. The van der Waals surface area contributed by atoms with Crippen molar-refractivity contribution >= 4 is 5.97 Å². The Bertz CT molecular complexity index is 713. The van der Waals surface area contributed by atoms with Crippen molar-refractivity contribution in [2.24, 2.45) is 0 Å². The maximum Gasteiger partial charge on any atom is 0.362 e. The van der Waals surface area contributed by atoms with Gasteiger partial charge in [-0.25, -0.2) is 18.3 Å². The number of rotatable bonds is 3. The maximum atomic E-state index is 13.6. The van der Waals surface area contributed by atoms with Crippen LogP contribution in [-0.4, -0.2) is 22.4 Å². The lowest BCUT2D eigenvalue weighted by molar-refractivity contribution is 0.0515. The third-order valence-corrected chi connectivity index (χ3v) is 2.43. The topological polar surface area (TPSA) is 61.2 Å². The van der Waals surface area contributed by atoms with E-state index in [1.165, 1.54) is 6.20 Å². The normalized spacial score (nSPS) is 10.3.